The van der Waals surface area contributed by atoms with Crippen molar-refractivity contribution in [2.45, 2.75) is 32.2 Å². The molecule has 1 N–H and O–H groups in total. The Labute approximate surface area is 171 Å². The zero-order valence-electron chi connectivity index (χ0n) is 16.8. The van der Waals surface area contributed by atoms with Crippen LogP contribution in [-0.4, -0.2) is 11.3 Å². The summed E-state index contributed by atoms with van der Waals surface area (Å²) in [5.41, 5.74) is 5.67. The van der Waals surface area contributed by atoms with Crippen LogP contribution in [-0.2, 0) is 4.79 Å². The van der Waals surface area contributed by atoms with Gasteiger partial charge in [-0.1, -0.05) is 61.5 Å². The second-order valence-electron chi connectivity index (χ2n) is 8.30. The first-order valence-electron chi connectivity index (χ1n) is 9.99. The predicted molar refractivity (Wildman–Crippen MR) is 118 cm³/mol. The highest BCUT2D eigenvalue weighted by Gasteiger charge is 2.41. The Kier molecular flexibility index (Phi) is 3.88. The molecule has 3 aromatic carbocycles. The van der Waals surface area contributed by atoms with Gasteiger partial charge in [0.05, 0.1) is 5.54 Å². The average molecular weight is 381 g/mol. The van der Waals surface area contributed by atoms with Crippen LogP contribution >= 0.6 is 0 Å². The summed E-state index contributed by atoms with van der Waals surface area (Å²) in [5.74, 6) is 1.59. The molecule has 29 heavy (non-hydrogen) atoms. The SMILES string of the molecule is C[C@H]1C(=O)C(C)(C)Nc2ccc3c(c21)C(=Cc1ccccc1)Oc1ccccc1-3. The van der Waals surface area contributed by atoms with E-state index in [0.29, 0.717) is 0 Å². The second-order valence-corrected chi connectivity index (χ2v) is 8.30. The van der Waals surface area contributed by atoms with E-state index in [0.717, 1.165) is 45.0 Å². The van der Waals surface area contributed by atoms with Crippen LogP contribution in [0.2, 0.25) is 0 Å². The fourth-order valence-electron chi connectivity index (χ4n) is 4.49. The van der Waals surface area contributed by atoms with E-state index in [4.69, 9.17) is 4.74 Å². The number of rotatable bonds is 1. The van der Waals surface area contributed by atoms with Crippen molar-refractivity contribution in [2.24, 2.45) is 0 Å². The molecule has 2 aliphatic heterocycles. The highest BCUT2D eigenvalue weighted by atomic mass is 16.5. The van der Waals surface area contributed by atoms with Gasteiger partial charge in [-0.25, -0.2) is 0 Å². The Morgan fingerprint density at radius 3 is 2.45 bits per heavy atom. The van der Waals surface area contributed by atoms with E-state index in [1.54, 1.807) is 0 Å². The Balaban J connectivity index is 1.80. The van der Waals surface area contributed by atoms with Gasteiger partial charge in [-0.2, -0.15) is 0 Å². The smallest absolute Gasteiger partial charge is 0.164 e. The Bertz CT molecular complexity index is 1160. The van der Waals surface area contributed by atoms with E-state index >= 15 is 0 Å². The van der Waals surface area contributed by atoms with Gasteiger partial charge in [0.15, 0.2) is 5.78 Å². The normalized spacial score (nSPS) is 20.2. The van der Waals surface area contributed by atoms with Crippen molar-refractivity contribution in [2.75, 3.05) is 5.32 Å². The molecule has 1 atom stereocenters. The number of hydrogen-bond acceptors (Lipinski definition) is 3. The molecule has 0 saturated carbocycles. The molecule has 0 unspecified atom stereocenters. The van der Waals surface area contributed by atoms with Crippen LogP contribution in [0.25, 0.3) is 23.0 Å². The van der Waals surface area contributed by atoms with E-state index in [-0.39, 0.29) is 11.7 Å². The van der Waals surface area contributed by atoms with Gasteiger partial charge in [-0.15, -0.1) is 0 Å². The lowest BCUT2D eigenvalue weighted by Gasteiger charge is -2.38. The van der Waals surface area contributed by atoms with Gasteiger partial charge >= 0.3 is 0 Å². The Morgan fingerprint density at radius 2 is 1.66 bits per heavy atom. The standard InChI is InChI=1S/C26H23NO2/c1-16-23-20(27-26(2,3)25(16)28)14-13-19-18-11-7-8-12-21(18)29-22(24(19)23)15-17-9-5-4-6-10-17/h4-16,27H,1-3H3/t16-/m1/s1. The quantitative estimate of drug-likeness (QED) is 0.552. The van der Waals surface area contributed by atoms with Crippen LogP contribution in [0, 0.1) is 0 Å². The fraction of sp³-hybridized carbons (Fsp3) is 0.192. The molecular weight excluding hydrogens is 358 g/mol. The minimum Gasteiger partial charge on any atom is -0.456 e. The molecule has 0 amide bonds. The molecule has 5 rings (SSSR count). The fourth-order valence-corrected chi connectivity index (χ4v) is 4.49. The second kappa shape index (κ2) is 6.35. The third kappa shape index (κ3) is 2.77. The van der Waals surface area contributed by atoms with Crippen LogP contribution < -0.4 is 10.1 Å². The monoisotopic (exact) mass is 381 g/mol. The summed E-state index contributed by atoms with van der Waals surface area (Å²) in [4.78, 5) is 13.1. The van der Waals surface area contributed by atoms with Gasteiger partial charge in [0.25, 0.3) is 0 Å². The van der Waals surface area contributed by atoms with Gasteiger partial charge < -0.3 is 10.1 Å². The molecule has 3 aromatic rings. The summed E-state index contributed by atoms with van der Waals surface area (Å²) in [6, 6.07) is 22.5. The largest absolute Gasteiger partial charge is 0.456 e. The lowest BCUT2D eigenvalue weighted by atomic mass is 9.76. The highest BCUT2D eigenvalue weighted by Crippen LogP contribution is 2.49. The predicted octanol–water partition coefficient (Wildman–Crippen LogP) is 6.12. The molecule has 0 saturated heterocycles. The molecule has 0 bridgehead atoms. The first kappa shape index (κ1) is 17.7. The number of benzene rings is 3. The minimum atomic E-state index is -0.586. The molecule has 0 aromatic heterocycles. The molecule has 144 valence electrons. The van der Waals surface area contributed by atoms with E-state index in [9.17, 15) is 4.79 Å². The van der Waals surface area contributed by atoms with Gasteiger partial charge in [0.1, 0.15) is 11.5 Å². The third-order valence-electron chi connectivity index (χ3n) is 5.88. The Hall–Kier alpha value is -3.33. The number of ketones is 1. The van der Waals surface area contributed by atoms with Crippen molar-refractivity contribution in [3.63, 3.8) is 0 Å². The van der Waals surface area contributed by atoms with Crippen molar-refractivity contribution in [1.29, 1.82) is 0 Å². The van der Waals surface area contributed by atoms with Crippen LogP contribution in [0.4, 0.5) is 5.69 Å². The highest BCUT2D eigenvalue weighted by molar-refractivity contribution is 6.04. The molecule has 0 aliphatic carbocycles. The lowest BCUT2D eigenvalue weighted by molar-refractivity contribution is -0.123. The summed E-state index contributed by atoms with van der Waals surface area (Å²) in [6.45, 7) is 5.90. The lowest BCUT2D eigenvalue weighted by Crippen LogP contribution is -2.46. The minimum absolute atomic E-state index is 0.191. The number of fused-ring (bicyclic) bond motifs is 5. The van der Waals surface area contributed by atoms with E-state index in [2.05, 4.69) is 41.7 Å². The van der Waals surface area contributed by atoms with Gasteiger partial charge in [0.2, 0.25) is 0 Å². The van der Waals surface area contributed by atoms with Crippen molar-refractivity contribution in [1.82, 2.24) is 0 Å². The van der Waals surface area contributed by atoms with Crippen LogP contribution in [0.1, 0.15) is 43.4 Å². The maximum absolute atomic E-state index is 13.1. The van der Waals surface area contributed by atoms with Crippen molar-refractivity contribution in [3.8, 4) is 16.9 Å². The first-order chi connectivity index (χ1) is 14.0. The van der Waals surface area contributed by atoms with Crippen molar-refractivity contribution >= 4 is 23.3 Å². The molecule has 3 nitrogen and oxygen atoms in total. The maximum Gasteiger partial charge on any atom is 0.164 e. The van der Waals surface area contributed by atoms with Crippen LogP contribution in [0.5, 0.6) is 5.75 Å². The molecule has 2 heterocycles. The van der Waals surface area contributed by atoms with Crippen LogP contribution in [0.3, 0.4) is 0 Å². The molecule has 3 heteroatoms. The maximum atomic E-state index is 13.1. The average Bonchev–Trinajstić information content (AvgIpc) is 2.72. The number of carbonyl (C=O) groups excluding carboxylic acids is 1. The molecule has 0 spiro atoms. The zero-order valence-corrected chi connectivity index (χ0v) is 16.8. The van der Waals surface area contributed by atoms with E-state index in [1.807, 2.05) is 57.2 Å². The number of Topliss-reactive ketones (excluding diaryl/α,β-unsaturated/α-hetero) is 1. The van der Waals surface area contributed by atoms with Gasteiger partial charge in [-0.3, -0.25) is 4.79 Å². The van der Waals surface area contributed by atoms with E-state index in [1.165, 1.54) is 0 Å². The summed E-state index contributed by atoms with van der Waals surface area (Å²) in [7, 11) is 0. The Morgan fingerprint density at radius 1 is 0.931 bits per heavy atom. The van der Waals surface area contributed by atoms with Crippen molar-refractivity contribution < 1.29 is 9.53 Å². The molecular formula is C26H23NO2. The molecule has 0 fully saturated rings. The summed E-state index contributed by atoms with van der Waals surface area (Å²) >= 11 is 0. The third-order valence-corrected chi connectivity index (χ3v) is 5.88. The molecule has 2 aliphatic rings. The van der Waals surface area contributed by atoms with Crippen LogP contribution in [0.15, 0.2) is 66.7 Å². The topological polar surface area (TPSA) is 38.3 Å². The van der Waals surface area contributed by atoms with Gasteiger partial charge in [-0.05, 0) is 48.7 Å². The number of para-hydroxylation sites is 1. The number of ether oxygens (including phenoxy) is 1. The zero-order chi connectivity index (χ0) is 20.2. The number of nitrogens with one attached hydrogen (secondary N) is 1. The summed E-state index contributed by atoms with van der Waals surface area (Å²) in [6.07, 6.45) is 2.06. The van der Waals surface area contributed by atoms with Crippen molar-refractivity contribution in [3.05, 3.63) is 83.4 Å². The number of anilines is 1. The molecule has 0 radical (unpaired) electrons. The number of carbonyl (C=O) groups is 1. The number of hydrogen-bond donors (Lipinski definition) is 1. The summed E-state index contributed by atoms with van der Waals surface area (Å²) in [5, 5.41) is 3.44. The first-order valence-corrected chi connectivity index (χ1v) is 9.99. The van der Waals surface area contributed by atoms with Gasteiger partial charge in [0, 0.05) is 22.7 Å². The summed E-state index contributed by atoms with van der Waals surface area (Å²) < 4.78 is 6.39. The van der Waals surface area contributed by atoms with E-state index < -0.39 is 5.54 Å².